The minimum absolute atomic E-state index is 0.269. The van der Waals surface area contributed by atoms with Gasteiger partial charge in [-0.1, -0.05) is 5.16 Å². The summed E-state index contributed by atoms with van der Waals surface area (Å²) < 4.78 is 23.3. The van der Waals surface area contributed by atoms with Crippen molar-refractivity contribution >= 4 is 17.0 Å². The van der Waals surface area contributed by atoms with E-state index >= 15 is 0 Å². The van der Waals surface area contributed by atoms with Gasteiger partial charge in [0, 0.05) is 19.2 Å². The van der Waals surface area contributed by atoms with Crippen LogP contribution in [0.25, 0.3) is 22.4 Å². The van der Waals surface area contributed by atoms with Crippen molar-refractivity contribution in [2.75, 3.05) is 20.3 Å². The van der Waals surface area contributed by atoms with E-state index in [9.17, 15) is 9.18 Å². The van der Waals surface area contributed by atoms with Crippen molar-refractivity contribution in [2.45, 2.75) is 6.92 Å². The Morgan fingerprint density at radius 1 is 1.33 bits per heavy atom. The number of methoxy groups -OCH3 is 1. The van der Waals surface area contributed by atoms with Crippen molar-refractivity contribution in [1.82, 2.24) is 15.5 Å². The van der Waals surface area contributed by atoms with Crippen LogP contribution in [0.3, 0.4) is 0 Å². The molecule has 0 saturated heterocycles. The van der Waals surface area contributed by atoms with Crippen LogP contribution in [-0.4, -0.2) is 36.3 Å². The van der Waals surface area contributed by atoms with Crippen molar-refractivity contribution in [3.8, 4) is 11.3 Å². The van der Waals surface area contributed by atoms with Crippen LogP contribution in [0.2, 0.25) is 0 Å². The highest BCUT2D eigenvalue weighted by Gasteiger charge is 2.19. The summed E-state index contributed by atoms with van der Waals surface area (Å²) in [6.45, 7) is 2.54. The first-order valence-corrected chi connectivity index (χ1v) is 7.40. The number of aromatic nitrogens is 2. The number of hydrogen-bond donors (Lipinski definition) is 1. The number of halogens is 1. The van der Waals surface area contributed by atoms with Gasteiger partial charge in [-0.25, -0.2) is 9.37 Å². The molecule has 0 aliphatic rings. The summed E-state index contributed by atoms with van der Waals surface area (Å²) in [7, 11) is 1.56. The fourth-order valence-corrected chi connectivity index (χ4v) is 2.40. The molecule has 1 N–H and O–H groups in total. The fourth-order valence-electron chi connectivity index (χ4n) is 2.40. The van der Waals surface area contributed by atoms with Crippen molar-refractivity contribution < 1.29 is 18.4 Å². The first-order valence-electron chi connectivity index (χ1n) is 7.40. The second-order valence-electron chi connectivity index (χ2n) is 5.26. The van der Waals surface area contributed by atoms with Crippen molar-refractivity contribution in [2.24, 2.45) is 0 Å². The van der Waals surface area contributed by atoms with E-state index in [1.807, 2.05) is 0 Å². The van der Waals surface area contributed by atoms with Crippen LogP contribution in [0, 0.1) is 12.7 Å². The van der Waals surface area contributed by atoms with Crippen molar-refractivity contribution in [3.63, 3.8) is 0 Å². The number of benzene rings is 1. The van der Waals surface area contributed by atoms with E-state index in [0.717, 1.165) is 0 Å². The molecule has 0 fully saturated rings. The highest BCUT2D eigenvalue weighted by atomic mass is 19.1. The average molecular weight is 329 g/mol. The summed E-state index contributed by atoms with van der Waals surface area (Å²) in [5, 5.41) is 7.22. The second-order valence-corrected chi connectivity index (χ2v) is 5.26. The molecule has 0 spiro atoms. The highest BCUT2D eigenvalue weighted by Crippen LogP contribution is 2.27. The zero-order valence-electron chi connectivity index (χ0n) is 13.3. The quantitative estimate of drug-likeness (QED) is 0.728. The molecule has 2 heterocycles. The molecule has 7 heteroatoms. The Kier molecular flexibility index (Phi) is 4.52. The van der Waals surface area contributed by atoms with Gasteiger partial charge in [-0.15, -0.1) is 0 Å². The molecule has 0 aliphatic carbocycles. The maximum atomic E-state index is 13.1. The van der Waals surface area contributed by atoms with E-state index in [2.05, 4.69) is 15.5 Å². The van der Waals surface area contributed by atoms with Crippen LogP contribution < -0.4 is 5.32 Å². The molecular formula is C17H16FN3O3. The zero-order chi connectivity index (χ0) is 17.1. The fraction of sp³-hybridized carbons (Fsp3) is 0.235. The number of fused-ring (bicyclic) bond motifs is 1. The largest absolute Gasteiger partial charge is 0.383 e. The monoisotopic (exact) mass is 329 g/mol. The Morgan fingerprint density at radius 2 is 2.08 bits per heavy atom. The molecule has 0 bridgehead atoms. The van der Waals surface area contributed by atoms with Gasteiger partial charge in [0.25, 0.3) is 11.6 Å². The molecule has 0 saturated carbocycles. The third-order valence-electron chi connectivity index (χ3n) is 3.59. The van der Waals surface area contributed by atoms with E-state index in [4.69, 9.17) is 9.26 Å². The minimum Gasteiger partial charge on any atom is -0.383 e. The third kappa shape index (κ3) is 3.11. The number of pyridine rings is 1. The summed E-state index contributed by atoms with van der Waals surface area (Å²) in [4.78, 5) is 16.9. The Morgan fingerprint density at radius 3 is 2.79 bits per heavy atom. The Labute approximate surface area is 137 Å². The molecule has 3 rings (SSSR count). The molecule has 3 aromatic rings. The number of hydrogen-bond acceptors (Lipinski definition) is 5. The molecular weight excluding hydrogens is 313 g/mol. The third-order valence-corrected chi connectivity index (χ3v) is 3.59. The molecule has 1 aromatic carbocycles. The molecule has 0 unspecified atom stereocenters. The first-order chi connectivity index (χ1) is 11.6. The Balaban J connectivity index is 2.06. The standard InChI is InChI=1S/C17H16FN3O3/c1-10-15-13(16(22)19-7-8-23-2)9-14(20-17(15)24-21-10)11-3-5-12(18)6-4-11/h3-6,9H,7-8H2,1-2H3,(H,19,22). The van der Waals surface area contributed by atoms with E-state index in [0.29, 0.717) is 41.1 Å². The van der Waals surface area contributed by atoms with Crippen LogP contribution in [0.15, 0.2) is 34.9 Å². The van der Waals surface area contributed by atoms with Gasteiger partial charge in [-0.05, 0) is 37.3 Å². The Bertz CT molecular complexity index is 875. The van der Waals surface area contributed by atoms with Gasteiger partial charge in [-0.3, -0.25) is 4.79 Å². The summed E-state index contributed by atoms with van der Waals surface area (Å²) in [6, 6.07) is 7.52. The lowest BCUT2D eigenvalue weighted by molar-refractivity contribution is 0.0938. The summed E-state index contributed by atoms with van der Waals surface area (Å²) in [5.41, 5.74) is 2.45. The molecule has 0 radical (unpaired) electrons. The maximum absolute atomic E-state index is 13.1. The molecule has 0 aliphatic heterocycles. The number of carbonyl (C=O) groups excluding carboxylic acids is 1. The molecule has 0 atom stereocenters. The van der Waals surface area contributed by atoms with Gasteiger partial charge in [0.2, 0.25) is 0 Å². The molecule has 1 amide bonds. The van der Waals surface area contributed by atoms with E-state index in [1.165, 1.54) is 12.1 Å². The van der Waals surface area contributed by atoms with Gasteiger partial charge in [-0.2, -0.15) is 0 Å². The van der Waals surface area contributed by atoms with Gasteiger partial charge >= 0.3 is 0 Å². The molecule has 124 valence electrons. The number of carbonyl (C=O) groups is 1. The second kappa shape index (κ2) is 6.76. The summed E-state index contributed by atoms with van der Waals surface area (Å²) in [5.74, 6) is -0.609. The summed E-state index contributed by atoms with van der Waals surface area (Å²) in [6.07, 6.45) is 0. The average Bonchev–Trinajstić information content (AvgIpc) is 2.96. The first kappa shape index (κ1) is 16.1. The predicted octanol–water partition coefficient (Wildman–Crippen LogP) is 2.71. The van der Waals surface area contributed by atoms with Gasteiger partial charge in [0.1, 0.15) is 5.82 Å². The smallest absolute Gasteiger partial charge is 0.259 e. The minimum atomic E-state index is -0.340. The topological polar surface area (TPSA) is 77.2 Å². The number of ether oxygens (including phenoxy) is 1. The maximum Gasteiger partial charge on any atom is 0.259 e. The van der Waals surface area contributed by atoms with E-state index in [-0.39, 0.29) is 17.4 Å². The predicted molar refractivity (Wildman–Crippen MR) is 86.1 cm³/mol. The number of amides is 1. The number of rotatable bonds is 5. The molecule has 2 aromatic heterocycles. The molecule has 24 heavy (non-hydrogen) atoms. The van der Waals surface area contributed by atoms with Crippen molar-refractivity contribution in [1.29, 1.82) is 0 Å². The Hall–Kier alpha value is -2.80. The van der Waals surface area contributed by atoms with Crippen LogP contribution >= 0.6 is 0 Å². The van der Waals surface area contributed by atoms with Crippen LogP contribution in [0.1, 0.15) is 16.1 Å². The van der Waals surface area contributed by atoms with Gasteiger partial charge < -0.3 is 14.6 Å². The zero-order valence-corrected chi connectivity index (χ0v) is 13.3. The lowest BCUT2D eigenvalue weighted by Gasteiger charge is -2.08. The number of nitrogens with one attached hydrogen (secondary N) is 1. The van der Waals surface area contributed by atoms with Crippen LogP contribution in [0.5, 0.6) is 0 Å². The lowest BCUT2D eigenvalue weighted by Crippen LogP contribution is -2.27. The summed E-state index contributed by atoms with van der Waals surface area (Å²) >= 11 is 0. The van der Waals surface area contributed by atoms with E-state index < -0.39 is 0 Å². The number of nitrogens with zero attached hydrogens (tertiary/aromatic N) is 2. The van der Waals surface area contributed by atoms with Crippen LogP contribution in [0.4, 0.5) is 4.39 Å². The highest BCUT2D eigenvalue weighted by molar-refractivity contribution is 6.06. The molecule has 6 nitrogen and oxygen atoms in total. The van der Waals surface area contributed by atoms with Crippen LogP contribution in [-0.2, 0) is 4.74 Å². The van der Waals surface area contributed by atoms with Crippen molar-refractivity contribution in [3.05, 3.63) is 47.4 Å². The van der Waals surface area contributed by atoms with Gasteiger partial charge in [0.15, 0.2) is 0 Å². The van der Waals surface area contributed by atoms with E-state index in [1.54, 1.807) is 32.2 Å². The lowest BCUT2D eigenvalue weighted by atomic mass is 10.1. The van der Waals surface area contributed by atoms with Gasteiger partial charge in [0.05, 0.1) is 28.9 Å². The number of aryl methyl sites for hydroxylation is 1. The SMILES string of the molecule is COCCNC(=O)c1cc(-c2ccc(F)cc2)nc2onc(C)c12. The normalized spacial score (nSPS) is 11.0.